The van der Waals surface area contributed by atoms with Crippen LogP contribution in [-0.4, -0.2) is 11.0 Å². The summed E-state index contributed by atoms with van der Waals surface area (Å²) in [6.07, 6.45) is 1.57. The number of fused-ring (bicyclic) bond motifs is 1. The molecule has 70 valence electrons. The second kappa shape index (κ2) is 2.99. The molecular formula is C10H9N2O2+. The van der Waals surface area contributed by atoms with E-state index in [1.165, 1.54) is 0 Å². The molecule has 1 amide bonds. The summed E-state index contributed by atoms with van der Waals surface area (Å²) in [6, 6.07) is 6.53. The number of amides is 1. The monoisotopic (exact) mass is 189 g/mol. The predicted molar refractivity (Wildman–Crippen MR) is 50.7 cm³/mol. The maximum absolute atomic E-state index is 11.1. The predicted octanol–water partition coefficient (Wildman–Crippen LogP) is 0.458. The zero-order valence-corrected chi connectivity index (χ0v) is 7.32. The summed E-state index contributed by atoms with van der Waals surface area (Å²) in [4.78, 5) is 13.9. The van der Waals surface area contributed by atoms with Gasteiger partial charge in [0.05, 0.1) is 10.9 Å². The van der Waals surface area contributed by atoms with Crippen molar-refractivity contribution in [1.82, 2.24) is 0 Å². The van der Waals surface area contributed by atoms with Gasteiger partial charge in [0.1, 0.15) is 0 Å². The first-order valence-electron chi connectivity index (χ1n) is 4.12. The van der Waals surface area contributed by atoms with E-state index in [1.807, 2.05) is 0 Å². The number of carbonyl (C=O) groups excluding carboxylic acids is 1. The third kappa shape index (κ3) is 1.17. The number of nitrogens with one attached hydrogen (secondary N) is 1. The van der Waals surface area contributed by atoms with Gasteiger partial charge in [-0.15, -0.1) is 0 Å². The molecule has 1 aromatic heterocycles. The number of hydrogen-bond acceptors (Lipinski definition) is 2. The maximum atomic E-state index is 11.1. The number of aromatic hydroxyl groups is 1. The SMILES string of the molecule is NC(=O)c1cc[nH+]c2c(O)cccc12. The molecular weight excluding hydrogens is 180 g/mol. The Labute approximate surface area is 80.0 Å². The smallest absolute Gasteiger partial charge is 0.253 e. The van der Waals surface area contributed by atoms with Crippen LogP contribution in [-0.2, 0) is 0 Å². The molecule has 0 radical (unpaired) electrons. The van der Waals surface area contributed by atoms with Gasteiger partial charge < -0.3 is 10.8 Å². The summed E-state index contributed by atoms with van der Waals surface area (Å²) in [7, 11) is 0. The van der Waals surface area contributed by atoms with Crippen molar-refractivity contribution in [1.29, 1.82) is 0 Å². The van der Waals surface area contributed by atoms with Gasteiger partial charge in [0.25, 0.3) is 5.52 Å². The van der Waals surface area contributed by atoms with Gasteiger partial charge in [0, 0.05) is 6.07 Å². The number of pyridine rings is 1. The van der Waals surface area contributed by atoms with Crippen molar-refractivity contribution in [2.75, 3.05) is 0 Å². The van der Waals surface area contributed by atoms with Crippen molar-refractivity contribution < 1.29 is 14.9 Å². The number of primary amides is 1. The Morgan fingerprint density at radius 1 is 1.36 bits per heavy atom. The van der Waals surface area contributed by atoms with E-state index in [2.05, 4.69) is 4.98 Å². The lowest BCUT2D eigenvalue weighted by atomic mass is 10.1. The van der Waals surface area contributed by atoms with Crippen LogP contribution in [0.1, 0.15) is 10.4 Å². The molecule has 2 rings (SSSR count). The Hall–Kier alpha value is -2.10. The maximum Gasteiger partial charge on any atom is 0.253 e. The number of aromatic nitrogens is 1. The molecule has 0 aliphatic rings. The number of benzene rings is 1. The molecule has 1 heterocycles. The zero-order chi connectivity index (χ0) is 10.1. The summed E-state index contributed by atoms with van der Waals surface area (Å²) in [5, 5.41) is 10.1. The van der Waals surface area contributed by atoms with Gasteiger partial charge in [0.2, 0.25) is 5.91 Å². The Bertz CT molecular complexity index is 508. The lowest BCUT2D eigenvalue weighted by molar-refractivity contribution is -0.345. The van der Waals surface area contributed by atoms with E-state index in [9.17, 15) is 9.90 Å². The zero-order valence-electron chi connectivity index (χ0n) is 7.32. The number of aromatic amines is 1. The van der Waals surface area contributed by atoms with Crippen molar-refractivity contribution >= 4 is 16.8 Å². The van der Waals surface area contributed by atoms with E-state index in [0.717, 1.165) is 0 Å². The van der Waals surface area contributed by atoms with Gasteiger partial charge in [-0.25, -0.2) is 4.98 Å². The molecule has 0 bridgehead atoms. The molecule has 0 saturated carbocycles. The molecule has 14 heavy (non-hydrogen) atoms. The summed E-state index contributed by atoms with van der Waals surface area (Å²) >= 11 is 0. The highest BCUT2D eigenvalue weighted by Gasteiger charge is 2.12. The molecule has 0 saturated heterocycles. The number of hydrogen-bond donors (Lipinski definition) is 2. The average Bonchev–Trinajstić information content (AvgIpc) is 2.17. The largest absolute Gasteiger partial charge is 0.502 e. The van der Waals surface area contributed by atoms with E-state index in [4.69, 9.17) is 5.73 Å². The highest BCUT2D eigenvalue weighted by molar-refractivity contribution is 6.05. The first kappa shape index (κ1) is 8.50. The fraction of sp³-hybridized carbons (Fsp3) is 0. The number of nitrogens with two attached hydrogens (primary N) is 1. The molecule has 0 atom stereocenters. The first-order chi connectivity index (χ1) is 6.70. The molecule has 4 nitrogen and oxygen atoms in total. The highest BCUT2D eigenvalue weighted by atomic mass is 16.3. The lowest BCUT2D eigenvalue weighted by Crippen LogP contribution is -2.14. The number of H-pyrrole nitrogens is 1. The normalized spacial score (nSPS) is 10.3. The van der Waals surface area contributed by atoms with Gasteiger partial charge in [-0.1, -0.05) is 6.07 Å². The highest BCUT2D eigenvalue weighted by Crippen LogP contribution is 2.21. The van der Waals surface area contributed by atoms with Crippen LogP contribution in [0.15, 0.2) is 30.5 Å². The van der Waals surface area contributed by atoms with E-state index in [-0.39, 0.29) is 5.75 Å². The second-order valence-electron chi connectivity index (χ2n) is 2.96. The van der Waals surface area contributed by atoms with Crippen LogP contribution in [0.3, 0.4) is 0 Å². The molecule has 0 spiro atoms. The minimum absolute atomic E-state index is 0.102. The quantitative estimate of drug-likeness (QED) is 0.683. The number of phenols is 1. The van der Waals surface area contributed by atoms with Crippen LogP contribution in [0.5, 0.6) is 5.75 Å². The van der Waals surface area contributed by atoms with Crippen LogP contribution in [0, 0.1) is 0 Å². The topological polar surface area (TPSA) is 77.5 Å². The Balaban J connectivity index is 2.88. The Kier molecular flexibility index (Phi) is 1.81. The minimum atomic E-state index is -0.505. The number of rotatable bonds is 1. The van der Waals surface area contributed by atoms with Gasteiger partial charge in [-0.2, -0.15) is 0 Å². The molecule has 4 N–H and O–H groups in total. The van der Waals surface area contributed by atoms with Crippen molar-refractivity contribution in [2.24, 2.45) is 5.73 Å². The van der Waals surface area contributed by atoms with Crippen LogP contribution in [0.2, 0.25) is 0 Å². The van der Waals surface area contributed by atoms with Crippen molar-refractivity contribution in [2.45, 2.75) is 0 Å². The van der Waals surface area contributed by atoms with Gasteiger partial charge >= 0.3 is 0 Å². The number of para-hydroxylation sites is 1. The fourth-order valence-electron chi connectivity index (χ4n) is 1.43. The van der Waals surface area contributed by atoms with Crippen LogP contribution < -0.4 is 10.7 Å². The lowest BCUT2D eigenvalue weighted by Gasteiger charge is -1.98. The Morgan fingerprint density at radius 2 is 2.14 bits per heavy atom. The average molecular weight is 189 g/mol. The molecule has 0 aliphatic carbocycles. The molecule has 0 aliphatic heterocycles. The second-order valence-corrected chi connectivity index (χ2v) is 2.96. The minimum Gasteiger partial charge on any atom is -0.502 e. The molecule has 4 heteroatoms. The number of carbonyl (C=O) groups is 1. The van der Waals surface area contributed by atoms with E-state index >= 15 is 0 Å². The first-order valence-corrected chi connectivity index (χ1v) is 4.12. The molecule has 2 aromatic rings. The molecule has 0 unspecified atom stereocenters. The van der Waals surface area contributed by atoms with Crippen molar-refractivity contribution in [3.63, 3.8) is 0 Å². The summed E-state index contributed by atoms with van der Waals surface area (Å²) in [6.45, 7) is 0. The fourth-order valence-corrected chi connectivity index (χ4v) is 1.43. The van der Waals surface area contributed by atoms with Crippen molar-refractivity contribution in [3.8, 4) is 5.75 Å². The third-order valence-corrected chi connectivity index (χ3v) is 2.08. The van der Waals surface area contributed by atoms with Crippen LogP contribution >= 0.6 is 0 Å². The van der Waals surface area contributed by atoms with Crippen LogP contribution in [0.4, 0.5) is 0 Å². The summed E-state index contributed by atoms with van der Waals surface area (Å²) < 4.78 is 0. The number of phenolic OH excluding ortho intramolecular Hbond substituents is 1. The van der Waals surface area contributed by atoms with E-state index in [1.54, 1.807) is 30.5 Å². The van der Waals surface area contributed by atoms with Gasteiger partial charge in [-0.3, -0.25) is 4.79 Å². The standard InChI is InChI=1S/C10H8N2O2/c11-10(14)7-4-5-12-9-6(7)2-1-3-8(9)13/h1-5,13H,(H2,11,14)/p+1. The molecule has 0 fully saturated rings. The van der Waals surface area contributed by atoms with E-state index in [0.29, 0.717) is 16.5 Å². The summed E-state index contributed by atoms with van der Waals surface area (Å²) in [5.74, 6) is -0.403. The van der Waals surface area contributed by atoms with Gasteiger partial charge in [-0.05, 0) is 12.1 Å². The summed E-state index contributed by atoms with van der Waals surface area (Å²) in [5.41, 5.74) is 6.11. The third-order valence-electron chi connectivity index (χ3n) is 2.08. The van der Waals surface area contributed by atoms with E-state index < -0.39 is 5.91 Å². The Morgan fingerprint density at radius 3 is 2.86 bits per heavy atom. The molecule has 1 aromatic carbocycles. The van der Waals surface area contributed by atoms with Crippen molar-refractivity contribution in [3.05, 3.63) is 36.0 Å². The van der Waals surface area contributed by atoms with Crippen LogP contribution in [0.25, 0.3) is 10.9 Å². The van der Waals surface area contributed by atoms with Gasteiger partial charge in [0.15, 0.2) is 11.9 Å².